The van der Waals surface area contributed by atoms with E-state index >= 15 is 0 Å². The largest absolute Gasteiger partial charge is 0.605 e. The van der Waals surface area contributed by atoms with E-state index in [-0.39, 0.29) is 5.31 Å². The second-order valence-corrected chi connectivity index (χ2v) is 3.51. The van der Waals surface area contributed by atoms with Gasteiger partial charge < -0.3 is 9.31 Å². The Kier molecular flexibility index (Phi) is 1.66. The number of hydrogen-bond acceptors (Lipinski definition) is 4. The molecule has 0 amide bonds. The molecule has 1 rings (SSSR count). The maximum absolute atomic E-state index is 10.5. The molecule has 5 heteroatoms. The van der Waals surface area contributed by atoms with Gasteiger partial charge in [0.15, 0.2) is 0 Å². The van der Waals surface area contributed by atoms with Crippen LogP contribution < -0.4 is 0 Å². The van der Waals surface area contributed by atoms with Gasteiger partial charge in [-0.2, -0.15) is 0 Å². The Hall–Kier alpha value is -0.995. The molecule has 0 aromatic carbocycles. The highest BCUT2D eigenvalue weighted by Gasteiger charge is 2.48. The minimum absolute atomic E-state index is 0.345. The Morgan fingerprint density at radius 1 is 1.09 bits per heavy atom. The highest BCUT2D eigenvalue weighted by molar-refractivity contribution is 6.62. The zero-order chi connectivity index (χ0) is 8.65. The van der Waals surface area contributed by atoms with E-state index in [1.54, 1.807) is 0 Å². The normalized spacial score (nSPS) is 18.3. The van der Waals surface area contributed by atoms with Gasteiger partial charge in [-0.25, -0.2) is 9.59 Å². The van der Waals surface area contributed by atoms with Gasteiger partial charge in [-0.15, -0.1) is 0 Å². The van der Waals surface area contributed by atoms with Crippen LogP contribution in [0.4, 0.5) is 0 Å². The van der Waals surface area contributed by atoms with Crippen LogP contribution in [-0.4, -0.2) is 19.1 Å². The molecule has 0 aromatic rings. The summed E-state index contributed by atoms with van der Waals surface area (Å²) in [7, 11) is -0.734. The van der Waals surface area contributed by atoms with E-state index in [0.29, 0.717) is 0 Å². The first-order valence-electron chi connectivity index (χ1n) is 3.33. The molecular formula is C6H9BO4. The molecule has 0 radical (unpaired) electrons. The van der Waals surface area contributed by atoms with Crippen molar-refractivity contribution in [1.82, 2.24) is 0 Å². The fourth-order valence-corrected chi connectivity index (χ4v) is 0.668. The zero-order valence-corrected chi connectivity index (χ0v) is 6.71. The average molecular weight is 156 g/mol. The summed E-state index contributed by atoms with van der Waals surface area (Å²) in [5.74, 6) is -1.80. The van der Waals surface area contributed by atoms with Crippen molar-refractivity contribution in [2.45, 2.75) is 26.1 Å². The molecule has 11 heavy (non-hydrogen) atoms. The molecule has 0 atom stereocenters. The molecule has 1 heterocycles. The summed E-state index contributed by atoms with van der Waals surface area (Å²) in [6, 6.07) is 0. The van der Waals surface area contributed by atoms with E-state index in [1.165, 1.54) is 0 Å². The van der Waals surface area contributed by atoms with Crippen LogP contribution in [0.1, 0.15) is 20.8 Å². The second-order valence-electron chi connectivity index (χ2n) is 3.51. The highest BCUT2D eigenvalue weighted by atomic mass is 16.7. The standard InChI is InChI=1S/C6H9BO4/c1-6(2,3)7-10-4(8)5(9)11-7/h1-3H3. The first kappa shape index (κ1) is 8.10. The molecule has 0 saturated carbocycles. The third-order valence-electron chi connectivity index (χ3n) is 1.30. The lowest BCUT2D eigenvalue weighted by molar-refractivity contribution is -0.150. The van der Waals surface area contributed by atoms with Gasteiger partial charge in [-0.1, -0.05) is 20.8 Å². The summed E-state index contributed by atoms with van der Waals surface area (Å²) in [6.45, 7) is 5.47. The van der Waals surface area contributed by atoms with E-state index in [4.69, 9.17) is 0 Å². The SMILES string of the molecule is CC(C)(C)B1OC(=O)C(=O)O1. The Labute approximate surface area is 65.0 Å². The molecule has 0 N–H and O–H groups in total. The van der Waals surface area contributed by atoms with Crippen LogP contribution in [0.15, 0.2) is 0 Å². The molecule has 4 nitrogen and oxygen atoms in total. The van der Waals surface area contributed by atoms with Crippen LogP contribution in [0.2, 0.25) is 5.31 Å². The number of carbonyl (C=O) groups excluding carboxylic acids is 2. The van der Waals surface area contributed by atoms with Gasteiger partial charge in [0.1, 0.15) is 0 Å². The molecule has 60 valence electrons. The van der Waals surface area contributed by atoms with Crippen LogP contribution in [-0.2, 0) is 18.9 Å². The van der Waals surface area contributed by atoms with Crippen molar-refractivity contribution in [3.8, 4) is 0 Å². The summed E-state index contributed by atoms with van der Waals surface area (Å²) in [5.41, 5.74) is 0. The van der Waals surface area contributed by atoms with Crippen molar-refractivity contribution in [3.05, 3.63) is 0 Å². The molecule has 1 aliphatic rings. The quantitative estimate of drug-likeness (QED) is 0.375. The molecule has 0 unspecified atom stereocenters. The lowest BCUT2D eigenvalue weighted by atomic mass is 9.61. The number of carbonyl (C=O) groups is 2. The first-order valence-corrected chi connectivity index (χ1v) is 3.33. The van der Waals surface area contributed by atoms with Crippen LogP contribution in [0.5, 0.6) is 0 Å². The minimum atomic E-state index is -0.898. The molecule has 0 aliphatic carbocycles. The van der Waals surface area contributed by atoms with Crippen molar-refractivity contribution in [2.24, 2.45) is 0 Å². The lowest BCUT2D eigenvalue weighted by Crippen LogP contribution is -2.27. The minimum Gasteiger partial charge on any atom is -0.490 e. The van der Waals surface area contributed by atoms with Crippen molar-refractivity contribution in [1.29, 1.82) is 0 Å². The van der Waals surface area contributed by atoms with E-state index in [9.17, 15) is 9.59 Å². The smallest absolute Gasteiger partial charge is 0.490 e. The third kappa shape index (κ3) is 1.53. The zero-order valence-electron chi connectivity index (χ0n) is 6.71. The van der Waals surface area contributed by atoms with Crippen LogP contribution in [0, 0.1) is 0 Å². The second kappa shape index (κ2) is 2.25. The monoisotopic (exact) mass is 156 g/mol. The predicted octanol–water partition coefficient (Wildman–Crippen LogP) is 0.375. The molecule has 1 saturated heterocycles. The Balaban J connectivity index is 2.68. The summed E-state index contributed by atoms with van der Waals surface area (Å²) in [4.78, 5) is 21.1. The Morgan fingerprint density at radius 3 is 1.64 bits per heavy atom. The van der Waals surface area contributed by atoms with Crippen LogP contribution in [0.25, 0.3) is 0 Å². The summed E-state index contributed by atoms with van der Waals surface area (Å²) in [6.07, 6.45) is 0. The average Bonchev–Trinajstić information content (AvgIpc) is 2.11. The van der Waals surface area contributed by atoms with Gasteiger partial charge in [-0.05, 0) is 0 Å². The Bertz CT molecular complexity index is 189. The van der Waals surface area contributed by atoms with Crippen molar-refractivity contribution < 1.29 is 18.9 Å². The molecule has 0 spiro atoms. The summed E-state index contributed by atoms with van der Waals surface area (Å²) in [5, 5.41) is -0.345. The van der Waals surface area contributed by atoms with Gasteiger partial charge >= 0.3 is 19.1 Å². The van der Waals surface area contributed by atoms with Gasteiger partial charge in [0.25, 0.3) is 0 Å². The fraction of sp³-hybridized carbons (Fsp3) is 0.667. The number of hydrogen-bond donors (Lipinski definition) is 0. The van der Waals surface area contributed by atoms with Crippen LogP contribution >= 0.6 is 0 Å². The summed E-state index contributed by atoms with van der Waals surface area (Å²) < 4.78 is 9.25. The predicted molar refractivity (Wildman–Crippen MR) is 37.7 cm³/mol. The van der Waals surface area contributed by atoms with E-state index in [0.717, 1.165) is 0 Å². The van der Waals surface area contributed by atoms with E-state index in [2.05, 4.69) is 9.31 Å². The van der Waals surface area contributed by atoms with E-state index < -0.39 is 19.1 Å². The molecule has 1 fully saturated rings. The number of rotatable bonds is 0. The highest BCUT2D eigenvalue weighted by Crippen LogP contribution is 2.30. The molecule has 0 bridgehead atoms. The topological polar surface area (TPSA) is 52.6 Å². The Morgan fingerprint density at radius 2 is 1.45 bits per heavy atom. The maximum atomic E-state index is 10.5. The van der Waals surface area contributed by atoms with Crippen molar-refractivity contribution >= 4 is 19.1 Å². The van der Waals surface area contributed by atoms with Gasteiger partial charge in [0, 0.05) is 5.31 Å². The fourth-order valence-electron chi connectivity index (χ4n) is 0.668. The molecule has 1 aliphatic heterocycles. The first-order chi connectivity index (χ1) is 4.91. The van der Waals surface area contributed by atoms with Crippen molar-refractivity contribution in [3.63, 3.8) is 0 Å². The van der Waals surface area contributed by atoms with Crippen LogP contribution in [0.3, 0.4) is 0 Å². The van der Waals surface area contributed by atoms with Crippen molar-refractivity contribution in [2.75, 3.05) is 0 Å². The maximum Gasteiger partial charge on any atom is 0.605 e. The van der Waals surface area contributed by atoms with E-state index in [1.807, 2.05) is 20.8 Å². The lowest BCUT2D eigenvalue weighted by Gasteiger charge is -2.16. The molecular weight excluding hydrogens is 147 g/mol. The van der Waals surface area contributed by atoms with Gasteiger partial charge in [0.05, 0.1) is 0 Å². The third-order valence-corrected chi connectivity index (χ3v) is 1.30. The van der Waals surface area contributed by atoms with Gasteiger partial charge in [0.2, 0.25) is 0 Å². The van der Waals surface area contributed by atoms with Gasteiger partial charge in [-0.3, -0.25) is 0 Å². The summed E-state index contributed by atoms with van der Waals surface area (Å²) >= 11 is 0. The molecule has 0 aromatic heterocycles.